The van der Waals surface area contributed by atoms with Crippen LogP contribution < -0.4 is 10.1 Å². The fourth-order valence-electron chi connectivity index (χ4n) is 2.62. The third kappa shape index (κ3) is 4.70. The molecular weight excluding hydrogens is 380 g/mol. The molecule has 3 rings (SSSR count). The summed E-state index contributed by atoms with van der Waals surface area (Å²) < 4.78 is 7.58. The van der Waals surface area contributed by atoms with Crippen molar-refractivity contribution in [3.8, 4) is 17.1 Å². The summed E-state index contributed by atoms with van der Waals surface area (Å²) in [6, 6.07) is 9.53. The van der Waals surface area contributed by atoms with E-state index in [2.05, 4.69) is 40.8 Å². The number of benzene rings is 1. The standard InChI is InChI=1S/C19H22N4O2S2/c1-4-23-18(14-10-13(3)26-11-14)21-22-19(23)27-12-17(24)20-15-8-6-7-9-16(15)25-5-2/h6-11H,4-5,12H2,1-3H3,(H,20,24). The molecule has 0 saturated carbocycles. The second-order valence-corrected chi connectivity index (χ2v) is 7.82. The molecule has 2 aromatic heterocycles. The quantitative estimate of drug-likeness (QED) is 0.563. The Morgan fingerprint density at radius 3 is 2.81 bits per heavy atom. The Hall–Kier alpha value is -2.32. The van der Waals surface area contributed by atoms with Crippen LogP contribution in [0.15, 0.2) is 40.9 Å². The van der Waals surface area contributed by atoms with Crippen LogP contribution in [0.3, 0.4) is 0 Å². The lowest BCUT2D eigenvalue weighted by Crippen LogP contribution is -2.15. The molecule has 0 saturated heterocycles. The predicted molar refractivity (Wildman–Crippen MR) is 111 cm³/mol. The summed E-state index contributed by atoms with van der Waals surface area (Å²) >= 11 is 3.07. The lowest BCUT2D eigenvalue weighted by molar-refractivity contribution is -0.113. The SMILES string of the molecule is CCOc1ccccc1NC(=O)CSc1nnc(-c2csc(C)c2)n1CC. The van der Waals surface area contributed by atoms with Crippen molar-refractivity contribution in [2.45, 2.75) is 32.5 Å². The number of thioether (sulfide) groups is 1. The topological polar surface area (TPSA) is 69.0 Å². The highest BCUT2D eigenvalue weighted by Gasteiger charge is 2.16. The van der Waals surface area contributed by atoms with Crippen molar-refractivity contribution in [1.82, 2.24) is 14.8 Å². The number of amides is 1. The van der Waals surface area contributed by atoms with Crippen LogP contribution in [-0.2, 0) is 11.3 Å². The van der Waals surface area contributed by atoms with Gasteiger partial charge in [-0.25, -0.2) is 0 Å². The highest BCUT2D eigenvalue weighted by Crippen LogP contribution is 2.28. The fourth-order valence-corrected chi connectivity index (χ4v) is 4.11. The molecule has 1 N–H and O–H groups in total. The summed E-state index contributed by atoms with van der Waals surface area (Å²) in [5.74, 6) is 1.66. The second kappa shape index (κ2) is 9.05. The van der Waals surface area contributed by atoms with Crippen LogP contribution in [0.25, 0.3) is 11.4 Å². The molecule has 1 aromatic carbocycles. The zero-order chi connectivity index (χ0) is 19.2. The molecule has 0 spiro atoms. The minimum absolute atomic E-state index is 0.106. The third-order valence-electron chi connectivity index (χ3n) is 3.82. The van der Waals surface area contributed by atoms with Gasteiger partial charge in [-0.3, -0.25) is 4.79 Å². The number of carbonyl (C=O) groups excluding carboxylic acids is 1. The summed E-state index contributed by atoms with van der Waals surface area (Å²) in [7, 11) is 0. The van der Waals surface area contributed by atoms with E-state index < -0.39 is 0 Å². The van der Waals surface area contributed by atoms with Crippen LogP contribution in [-0.4, -0.2) is 33.0 Å². The Balaban J connectivity index is 1.67. The highest BCUT2D eigenvalue weighted by atomic mass is 32.2. The van der Waals surface area contributed by atoms with E-state index in [1.807, 2.05) is 35.8 Å². The molecule has 0 fully saturated rings. The number of nitrogens with zero attached hydrogens (tertiary/aromatic N) is 3. The molecule has 0 radical (unpaired) electrons. The summed E-state index contributed by atoms with van der Waals surface area (Å²) in [4.78, 5) is 13.6. The van der Waals surface area contributed by atoms with E-state index >= 15 is 0 Å². The van der Waals surface area contributed by atoms with E-state index in [0.29, 0.717) is 18.0 Å². The Labute approximate surface area is 167 Å². The van der Waals surface area contributed by atoms with Crippen molar-refractivity contribution in [3.63, 3.8) is 0 Å². The predicted octanol–water partition coefficient (Wildman–Crippen LogP) is 4.46. The zero-order valence-electron chi connectivity index (χ0n) is 15.6. The molecule has 0 aliphatic rings. The van der Waals surface area contributed by atoms with Crippen molar-refractivity contribution < 1.29 is 9.53 Å². The first-order valence-electron chi connectivity index (χ1n) is 8.75. The number of rotatable bonds is 8. The first kappa shape index (κ1) is 19.4. The van der Waals surface area contributed by atoms with Gasteiger partial charge in [0.1, 0.15) is 5.75 Å². The minimum atomic E-state index is -0.106. The first-order valence-corrected chi connectivity index (χ1v) is 10.6. The van der Waals surface area contributed by atoms with Gasteiger partial charge in [-0.05, 0) is 39.0 Å². The zero-order valence-corrected chi connectivity index (χ0v) is 17.2. The maximum absolute atomic E-state index is 12.4. The van der Waals surface area contributed by atoms with Gasteiger partial charge in [-0.2, -0.15) is 0 Å². The maximum Gasteiger partial charge on any atom is 0.234 e. The van der Waals surface area contributed by atoms with E-state index in [0.717, 1.165) is 23.1 Å². The maximum atomic E-state index is 12.4. The van der Waals surface area contributed by atoms with Gasteiger partial charge in [-0.1, -0.05) is 23.9 Å². The molecule has 0 unspecified atom stereocenters. The van der Waals surface area contributed by atoms with E-state index in [-0.39, 0.29) is 11.7 Å². The van der Waals surface area contributed by atoms with E-state index in [1.54, 1.807) is 11.3 Å². The number of aromatic nitrogens is 3. The number of thiophene rings is 1. The average Bonchev–Trinajstić information content (AvgIpc) is 3.27. The molecule has 0 bridgehead atoms. The molecule has 3 aromatic rings. The summed E-state index contributed by atoms with van der Waals surface area (Å²) in [5.41, 5.74) is 1.74. The van der Waals surface area contributed by atoms with Gasteiger partial charge in [0.25, 0.3) is 0 Å². The van der Waals surface area contributed by atoms with Gasteiger partial charge in [0.05, 0.1) is 18.0 Å². The lowest BCUT2D eigenvalue weighted by Gasteiger charge is -2.11. The van der Waals surface area contributed by atoms with Gasteiger partial charge in [-0.15, -0.1) is 21.5 Å². The number of anilines is 1. The summed E-state index contributed by atoms with van der Waals surface area (Å²) in [5, 5.41) is 14.3. The largest absolute Gasteiger partial charge is 0.492 e. The molecule has 2 heterocycles. The summed E-state index contributed by atoms with van der Waals surface area (Å²) in [6.45, 7) is 7.33. The van der Waals surface area contributed by atoms with Crippen LogP contribution >= 0.6 is 23.1 Å². The van der Waals surface area contributed by atoms with Crippen molar-refractivity contribution in [3.05, 3.63) is 40.6 Å². The van der Waals surface area contributed by atoms with Gasteiger partial charge in [0.15, 0.2) is 11.0 Å². The minimum Gasteiger partial charge on any atom is -0.492 e. The Morgan fingerprint density at radius 2 is 2.11 bits per heavy atom. The fraction of sp³-hybridized carbons (Fsp3) is 0.316. The van der Waals surface area contributed by atoms with Crippen LogP contribution in [0, 0.1) is 6.92 Å². The van der Waals surface area contributed by atoms with Gasteiger partial charge in [0, 0.05) is 22.4 Å². The number of hydrogen-bond acceptors (Lipinski definition) is 6. The molecule has 27 heavy (non-hydrogen) atoms. The normalized spacial score (nSPS) is 10.8. The first-order chi connectivity index (χ1) is 13.1. The number of hydrogen-bond donors (Lipinski definition) is 1. The number of carbonyl (C=O) groups is 1. The average molecular weight is 403 g/mol. The Bertz CT molecular complexity index is 920. The van der Waals surface area contributed by atoms with E-state index in [9.17, 15) is 4.79 Å². The smallest absolute Gasteiger partial charge is 0.234 e. The Kier molecular flexibility index (Phi) is 6.52. The van der Waals surface area contributed by atoms with Crippen molar-refractivity contribution in [2.75, 3.05) is 17.7 Å². The molecule has 1 amide bonds. The van der Waals surface area contributed by atoms with Crippen LogP contribution in [0.1, 0.15) is 18.7 Å². The molecule has 8 heteroatoms. The van der Waals surface area contributed by atoms with E-state index in [4.69, 9.17) is 4.74 Å². The molecule has 6 nitrogen and oxygen atoms in total. The number of para-hydroxylation sites is 2. The van der Waals surface area contributed by atoms with Gasteiger partial charge < -0.3 is 14.6 Å². The highest BCUT2D eigenvalue weighted by molar-refractivity contribution is 7.99. The molecule has 142 valence electrons. The lowest BCUT2D eigenvalue weighted by atomic mass is 10.3. The van der Waals surface area contributed by atoms with Crippen LogP contribution in [0.2, 0.25) is 0 Å². The second-order valence-electron chi connectivity index (χ2n) is 5.76. The number of ether oxygens (including phenoxy) is 1. The van der Waals surface area contributed by atoms with Crippen molar-refractivity contribution in [2.24, 2.45) is 0 Å². The van der Waals surface area contributed by atoms with Crippen LogP contribution in [0.5, 0.6) is 5.75 Å². The molecular formula is C19H22N4O2S2. The number of aryl methyl sites for hydroxylation is 1. The van der Waals surface area contributed by atoms with Crippen molar-refractivity contribution >= 4 is 34.7 Å². The number of nitrogens with one attached hydrogen (secondary N) is 1. The van der Waals surface area contributed by atoms with Crippen molar-refractivity contribution in [1.29, 1.82) is 0 Å². The molecule has 0 aliphatic heterocycles. The van der Waals surface area contributed by atoms with Crippen LogP contribution in [0.4, 0.5) is 5.69 Å². The summed E-state index contributed by atoms with van der Waals surface area (Å²) in [6.07, 6.45) is 0. The Morgan fingerprint density at radius 1 is 1.30 bits per heavy atom. The third-order valence-corrected chi connectivity index (χ3v) is 5.64. The molecule has 0 atom stereocenters. The monoisotopic (exact) mass is 402 g/mol. The van der Waals surface area contributed by atoms with E-state index in [1.165, 1.54) is 16.6 Å². The van der Waals surface area contributed by atoms with Gasteiger partial charge >= 0.3 is 0 Å². The van der Waals surface area contributed by atoms with Gasteiger partial charge in [0.2, 0.25) is 5.91 Å². The molecule has 0 aliphatic carbocycles.